The van der Waals surface area contributed by atoms with Crippen LogP contribution in [0.2, 0.25) is 0 Å². The lowest BCUT2D eigenvalue weighted by Gasteiger charge is -2.06. The smallest absolute Gasteiger partial charge is 0.220 e. The molecule has 0 aliphatic rings. The molecule has 0 radical (unpaired) electrons. The van der Waals surface area contributed by atoms with Gasteiger partial charge in [-0.3, -0.25) is 4.79 Å². The van der Waals surface area contributed by atoms with Crippen LogP contribution >= 0.6 is 0 Å². The zero-order chi connectivity index (χ0) is 17.3. The predicted octanol–water partition coefficient (Wildman–Crippen LogP) is 3.22. The number of para-hydroxylation sites is 2. The molecule has 0 unspecified atom stereocenters. The summed E-state index contributed by atoms with van der Waals surface area (Å²) < 4.78 is 5.60. The molecule has 1 aromatic heterocycles. The molecule has 0 bridgehead atoms. The first-order valence-corrected chi connectivity index (χ1v) is 8.63. The van der Waals surface area contributed by atoms with Crippen molar-refractivity contribution >= 4 is 16.9 Å². The lowest BCUT2D eigenvalue weighted by Crippen LogP contribution is -2.25. The summed E-state index contributed by atoms with van der Waals surface area (Å²) in [5, 5.41) is 2.92. The fourth-order valence-electron chi connectivity index (χ4n) is 2.61. The van der Waals surface area contributed by atoms with Gasteiger partial charge in [-0.2, -0.15) is 0 Å². The van der Waals surface area contributed by atoms with Gasteiger partial charge in [-0.1, -0.05) is 42.5 Å². The highest BCUT2D eigenvalue weighted by Gasteiger charge is 2.05. The van der Waals surface area contributed by atoms with Gasteiger partial charge in [0.1, 0.15) is 5.82 Å². The van der Waals surface area contributed by atoms with Crippen LogP contribution in [0.4, 0.5) is 0 Å². The molecule has 0 aliphatic heterocycles. The summed E-state index contributed by atoms with van der Waals surface area (Å²) >= 11 is 0. The largest absolute Gasteiger partial charge is 0.377 e. The zero-order valence-electron chi connectivity index (χ0n) is 14.2. The molecule has 0 spiro atoms. The summed E-state index contributed by atoms with van der Waals surface area (Å²) in [7, 11) is 0. The van der Waals surface area contributed by atoms with Crippen molar-refractivity contribution in [3.05, 3.63) is 66.0 Å². The Hall–Kier alpha value is -2.66. The number of aryl methyl sites for hydroxylation is 1. The Morgan fingerprint density at radius 1 is 1.08 bits per heavy atom. The van der Waals surface area contributed by atoms with Gasteiger partial charge in [0.15, 0.2) is 0 Å². The molecule has 0 saturated heterocycles. The Balaban J connectivity index is 1.28. The predicted molar refractivity (Wildman–Crippen MR) is 98.1 cm³/mol. The third-order valence-corrected chi connectivity index (χ3v) is 3.93. The second-order valence-corrected chi connectivity index (χ2v) is 5.94. The number of nitrogens with one attached hydrogen (secondary N) is 2. The maximum Gasteiger partial charge on any atom is 0.220 e. The molecular weight excluding hydrogens is 314 g/mol. The number of nitrogens with zero attached hydrogens (tertiary/aromatic N) is 1. The van der Waals surface area contributed by atoms with Gasteiger partial charge in [0.05, 0.1) is 17.6 Å². The average molecular weight is 337 g/mol. The number of aromatic amines is 1. The van der Waals surface area contributed by atoms with E-state index < -0.39 is 0 Å². The van der Waals surface area contributed by atoms with Crippen molar-refractivity contribution in [3.8, 4) is 0 Å². The van der Waals surface area contributed by atoms with E-state index >= 15 is 0 Å². The fourth-order valence-corrected chi connectivity index (χ4v) is 2.61. The Bertz CT molecular complexity index is 766. The Kier molecular flexibility index (Phi) is 6.17. The molecule has 1 heterocycles. The first-order chi connectivity index (χ1) is 12.3. The van der Waals surface area contributed by atoms with Crippen LogP contribution in [0, 0.1) is 0 Å². The van der Waals surface area contributed by atoms with Gasteiger partial charge in [-0.25, -0.2) is 4.98 Å². The Morgan fingerprint density at radius 3 is 2.72 bits per heavy atom. The van der Waals surface area contributed by atoms with E-state index in [4.69, 9.17) is 4.74 Å². The summed E-state index contributed by atoms with van der Waals surface area (Å²) in [4.78, 5) is 19.6. The maximum atomic E-state index is 11.9. The van der Waals surface area contributed by atoms with Crippen LogP contribution in [0.3, 0.4) is 0 Å². The summed E-state index contributed by atoms with van der Waals surface area (Å²) in [6.07, 6.45) is 1.86. The van der Waals surface area contributed by atoms with Crippen molar-refractivity contribution in [2.24, 2.45) is 0 Å². The van der Waals surface area contributed by atoms with Gasteiger partial charge >= 0.3 is 0 Å². The number of amides is 1. The molecule has 130 valence electrons. The topological polar surface area (TPSA) is 67.0 Å². The molecule has 25 heavy (non-hydrogen) atoms. The molecule has 2 N–H and O–H groups in total. The van der Waals surface area contributed by atoms with Gasteiger partial charge in [0.25, 0.3) is 0 Å². The molecule has 0 atom stereocenters. The van der Waals surface area contributed by atoms with E-state index in [1.165, 1.54) is 0 Å². The van der Waals surface area contributed by atoms with E-state index in [1.54, 1.807) is 0 Å². The SMILES string of the molecule is O=C(CCc1nc2ccccc2[nH]1)NCCCOCc1ccccc1. The lowest BCUT2D eigenvalue weighted by atomic mass is 10.2. The number of ether oxygens (including phenoxy) is 1. The third-order valence-electron chi connectivity index (χ3n) is 3.93. The number of imidazole rings is 1. The second-order valence-electron chi connectivity index (χ2n) is 5.94. The van der Waals surface area contributed by atoms with Gasteiger partial charge in [0.2, 0.25) is 5.91 Å². The van der Waals surface area contributed by atoms with Crippen LogP contribution in [-0.2, 0) is 22.6 Å². The standard InChI is InChI=1S/C20H23N3O2/c24-20(12-11-19-22-17-9-4-5-10-18(17)23-19)21-13-6-14-25-15-16-7-2-1-3-8-16/h1-5,7-10H,6,11-15H2,(H,21,24)(H,22,23). The Labute approximate surface area is 147 Å². The minimum Gasteiger partial charge on any atom is -0.377 e. The molecule has 2 aromatic carbocycles. The number of benzene rings is 2. The van der Waals surface area contributed by atoms with Crippen molar-refractivity contribution < 1.29 is 9.53 Å². The number of carbonyl (C=O) groups excluding carboxylic acids is 1. The molecule has 5 nitrogen and oxygen atoms in total. The van der Waals surface area contributed by atoms with Gasteiger partial charge in [0, 0.05) is 26.0 Å². The van der Waals surface area contributed by atoms with Crippen LogP contribution in [0.1, 0.15) is 24.2 Å². The highest BCUT2D eigenvalue weighted by Crippen LogP contribution is 2.11. The first-order valence-electron chi connectivity index (χ1n) is 8.63. The molecule has 3 aromatic rings. The number of rotatable bonds is 9. The number of H-pyrrole nitrogens is 1. The third kappa shape index (κ3) is 5.43. The number of aromatic nitrogens is 2. The fraction of sp³-hybridized carbons (Fsp3) is 0.300. The van der Waals surface area contributed by atoms with Crippen LogP contribution < -0.4 is 5.32 Å². The number of hydrogen-bond acceptors (Lipinski definition) is 3. The molecular formula is C20H23N3O2. The average Bonchev–Trinajstić information content (AvgIpc) is 3.07. The number of fused-ring (bicyclic) bond motifs is 1. The quantitative estimate of drug-likeness (QED) is 0.589. The highest BCUT2D eigenvalue weighted by atomic mass is 16.5. The normalized spacial score (nSPS) is 10.9. The van der Waals surface area contributed by atoms with Crippen molar-refractivity contribution in [1.29, 1.82) is 0 Å². The molecule has 3 rings (SSSR count). The Morgan fingerprint density at radius 2 is 1.88 bits per heavy atom. The minimum atomic E-state index is 0.0449. The van der Waals surface area contributed by atoms with E-state index in [0.717, 1.165) is 28.8 Å². The van der Waals surface area contributed by atoms with E-state index in [0.29, 0.717) is 32.6 Å². The van der Waals surface area contributed by atoms with Crippen molar-refractivity contribution in [3.63, 3.8) is 0 Å². The van der Waals surface area contributed by atoms with Gasteiger partial charge < -0.3 is 15.0 Å². The van der Waals surface area contributed by atoms with E-state index in [1.807, 2.05) is 54.6 Å². The zero-order valence-corrected chi connectivity index (χ0v) is 14.2. The van der Waals surface area contributed by atoms with E-state index in [-0.39, 0.29) is 5.91 Å². The summed E-state index contributed by atoms with van der Waals surface area (Å²) in [6, 6.07) is 18.0. The molecule has 0 saturated carbocycles. The second kappa shape index (κ2) is 8.99. The van der Waals surface area contributed by atoms with Gasteiger partial charge in [-0.05, 0) is 24.1 Å². The first kappa shape index (κ1) is 17.2. The van der Waals surface area contributed by atoms with Crippen molar-refractivity contribution in [2.45, 2.75) is 25.9 Å². The van der Waals surface area contributed by atoms with Crippen LogP contribution in [-0.4, -0.2) is 29.0 Å². The number of hydrogen-bond donors (Lipinski definition) is 2. The number of carbonyl (C=O) groups is 1. The highest BCUT2D eigenvalue weighted by molar-refractivity contribution is 5.77. The molecule has 0 aliphatic carbocycles. The summed E-state index contributed by atoms with van der Waals surface area (Å²) in [5.41, 5.74) is 3.11. The lowest BCUT2D eigenvalue weighted by molar-refractivity contribution is -0.121. The monoisotopic (exact) mass is 337 g/mol. The van der Waals surface area contributed by atoms with E-state index in [9.17, 15) is 4.79 Å². The van der Waals surface area contributed by atoms with Crippen LogP contribution in [0.5, 0.6) is 0 Å². The molecule has 5 heteroatoms. The molecule has 1 amide bonds. The van der Waals surface area contributed by atoms with E-state index in [2.05, 4.69) is 15.3 Å². The summed E-state index contributed by atoms with van der Waals surface area (Å²) in [5.74, 6) is 0.894. The van der Waals surface area contributed by atoms with Crippen LogP contribution in [0.15, 0.2) is 54.6 Å². The minimum absolute atomic E-state index is 0.0449. The molecule has 0 fully saturated rings. The van der Waals surface area contributed by atoms with Crippen molar-refractivity contribution in [1.82, 2.24) is 15.3 Å². The van der Waals surface area contributed by atoms with Crippen molar-refractivity contribution in [2.75, 3.05) is 13.2 Å². The summed E-state index contributed by atoms with van der Waals surface area (Å²) in [6.45, 7) is 1.88. The van der Waals surface area contributed by atoms with Gasteiger partial charge in [-0.15, -0.1) is 0 Å². The maximum absolute atomic E-state index is 11.9. The van der Waals surface area contributed by atoms with Crippen LogP contribution in [0.25, 0.3) is 11.0 Å².